The van der Waals surface area contributed by atoms with Crippen molar-refractivity contribution in [2.75, 3.05) is 0 Å². The van der Waals surface area contributed by atoms with Crippen LogP contribution in [-0.4, -0.2) is 12.1 Å². The standard InChI is InChI=1S/C12H22O2/c1-5-6-7-8-9-11(4)14-12(13)10(2)3/h11H,2,5-9H2,1,3-4H3. The Hall–Kier alpha value is -0.790. The van der Waals surface area contributed by atoms with Crippen LogP contribution in [0.4, 0.5) is 0 Å². The summed E-state index contributed by atoms with van der Waals surface area (Å²) in [4.78, 5) is 11.1. The van der Waals surface area contributed by atoms with E-state index in [9.17, 15) is 4.79 Å². The number of carbonyl (C=O) groups is 1. The Morgan fingerprint density at radius 3 is 2.50 bits per heavy atom. The first-order chi connectivity index (χ1) is 6.57. The highest BCUT2D eigenvalue weighted by Crippen LogP contribution is 2.09. The van der Waals surface area contributed by atoms with E-state index in [4.69, 9.17) is 4.74 Å². The first kappa shape index (κ1) is 13.2. The van der Waals surface area contributed by atoms with Crippen LogP contribution in [0, 0.1) is 0 Å². The van der Waals surface area contributed by atoms with Gasteiger partial charge in [0.2, 0.25) is 0 Å². The van der Waals surface area contributed by atoms with Crippen LogP contribution in [0.1, 0.15) is 52.9 Å². The van der Waals surface area contributed by atoms with Gasteiger partial charge in [-0.05, 0) is 26.7 Å². The third-order valence-electron chi connectivity index (χ3n) is 2.12. The normalized spacial score (nSPS) is 12.2. The zero-order valence-electron chi connectivity index (χ0n) is 9.64. The number of hydrogen-bond donors (Lipinski definition) is 0. The van der Waals surface area contributed by atoms with Crippen molar-refractivity contribution in [3.05, 3.63) is 12.2 Å². The molecule has 1 atom stereocenters. The van der Waals surface area contributed by atoms with Gasteiger partial charge in [0, 0.05) is 5.57 Å². The minimum Gasteiger partial charge on any atom is -0.459 e. The summed E-state index contributed by atoms with van der Waals surface area (Å²) < 4.78 is 5.15. The van der Waals surface area contributed by atoms with Crippen LogP contribution in [0.15, 0.2) is 12.2 Å². The van der Waals surface area contributed by atoms with E-state index in [0.717, 1.165) is 12.8 Å². The van der Waals surface area contributed by atoms with Crippen LogP contribution >= 0.6 is 0 Å². The Bertz CT molecular complexity index is 185. The van der Waals surface area contributed by atoms with Crippen molar-refractivity contribution in [2.45, 2.75) is 59.0 Å². The minimum atomic E-state index is -0.270. The molecule has 0 rings (SSSR count). The number of esters is 1. The zero-order valence-corrected chi connectivity index (χ0v) is 9.64. The number of carbonyl (C=O) groups excluding carboxylic acids is 1. The molecule has 0 N–H and O–H groups in total. The van der Waals surface area contributed by atoms with Gasteiger partial charge in [0.1, 0.15) is 0 Å². The average Bonchev–Trinajstić information content (AvgIpc) is 2.12. The summed E-state index contributed by atoms with van der Waals surface area (Å²) in [6, 6.07) is 0. The molecule has 0 aromatic rings. The summed E-state index contributed by atoms with van der Waals surface area (Å²) in [6.45, 7) is 9.34. The maximum absolute atomic E-state index is 11.1. The van der Waals surface area contributed by atoms with E-state index in [2.05, 4.69) is 13.5 Å². The lowest BCUT2D eigenvalue weighted by molar-refractivity contribution is -0.143. The van der Waals surface area contributed by atoms with Gasteiger partial charge in [-0.3, -0.25) is 0 Å². The van der Waals surface area contributed by atoms with Gasteiger partial charge in [-0.1, -0.05) is 32.8 Å². The van der Waals surface area contributed by atoms with E-state index in [1.54, 1.807) is 6.92 Å². The van der Waals surface area contributed by atoms with Crippen LogP contribution in [0.25, 0.3) is 0 Å². The molecule has 0 aliphatic heterocycles. The molecule has 0 aliphatic rings. The molecule has 2 nitrogen and oxygen atoms in total. The van der Waals surface area contributed by atoms with Gasteiger partial charge in [-0.2, -0.15) is 0 Å². The SMILES string of the molecule is C=C(C)C(=O)OC(C)CCCCCC. The fraction of sp³-hybridized carbons (Fsp3) is 0.750. The number of hydrogen-bond acceptors (Lipinski definition) is 2. The molecule has 0 radical (unpaired) electrons. The molecular weight excluding hydrogens is 176 g/mol. The third-order valence-corrected chi connectivity index (χ3v) is 2.12. The predicted octanol–water partition coefficient (Wildman–Crippen LogP) is 3.46. The van der Waals surface area contributed by atoms with E-state index in [0.29, 0.717) is 5.57 Å². The molecule has 0 aromatic heterocycles. The van der Waals surface area contributed by atoms with Crippen molar-refractivity contribution in [1.82, 2.24) is 0 Å². The Kier molecular flexibility index (Phi) is 7.17. The Morgan fingerprint density at radius 1 is 1.36 bits per heavy atom. The van der Waals surface area contributed by atoms with E-state index < -0.39 is 0 Å². The van der Waals surface area contributed by atoms with Crippen LogP contribution in [0.2, 0.25) is 0 Å². The smallest absolute Gasteiger partial charge is 0.333 e. The monoisotopic (exact) mass is 198 g/mol. The molecular formula is C12H22O2. The topological polar surface area (TPSA) is 26.3 Å². The first-order valence-electron chi connectivity index (χ1n) is 5.44. The van der Waals surface area contributed by atoms with Gasteiger partial charge < -0.3 is 4.74 Å². The second-order valence-electron chi connectivity index (χ2n) is 3.85. The van der Waals surface area contributed by atoms with Crippen molar-refractivity contribution < 1.29 is 9.53 Å². The van der Waals surface area contributed by atoms with Crippen LogP contribution < -0.4 is 0 Å². The van der Waals surface area contributed by atoms with Gasteiger partial charge >= 0.3 is 5.97 Å². The Morgan fingerprint density at radius 2 is 2.00 bits per heavy atom. The lowest BCUT2D eigenvalue weighted by Crippen LogP contribution is -2.15. The predicted molar refractivity (Wildman–Crippen MR) is 59.1 cm³/mol. The maximum atomic E-state index is 11.1. The molecule has 0 saturated heterocycles. The Labute approximate surface area is 87.3 Å². The first-order valence-corrected chi connectivity index (χ1v) is 5.44. The quantitative estimate of drug-likeness (QED) is 0.356. The van der Waals surface area contributed by atoms with Crippen LogP contribution in [-0.2, 0) is 9.53 Å². The lowest BCUT2D eigenvalue weighted by atomic mass is 10.1. The van der Waals surface area contributed by atoms with Crippen molar-refractivity contribution in [1.29, 1.82) is 0 Å². The van der Waals surface area contributed by atoms with E-state index >= 15 is 0 Å². The van der Waals surface area contributed by atoms with Gasteiger partial charge in [0.15, 0.2) is 0 Å². The van der Waals surface area contributed by atoms with Crippen molar-refractivity contribution in [3.8, 4) is 0 Å². The van der Waals surface area contributed by atoms with E-state index in [1.807, 2.05) is 6.92 Å². The molecule has 0 fully saturated rings. The highest BCUT2D eigenvalue weighted by molar-refractivity contribution is 5.87. The second-order valence-corrected chi connectivity index (χ2v) is 3.85. The molecule has 2 heteroatoms. The van der Waals surface area contributed by atoms with Gasteiger partial charge in [0.05, 0.1) is 6.10 Å². The number of unbranched alkanes of at least 4 members (excludes halogenated alkanes) is 3. The van der Waals surface area contributed by atoms with Crippen LogP contribution in [0.3, 0.4) is 0 Å². The maximum Gasteiger partial charge on any atom is 0.333 e. The largest absolute Gasteiger partial charge is 0.459 e. The molecule has 0 spiro atoms. The molecule has 0 bridgehead atoms. The van der Waals surface area contributed by atoms with Crippen molar-refractivity contribution in [2.24, 2.45) is 0 Å². The minimum absolute atomic E-state index is 0.0241. The molecule has 1 unspecified atom stereocenters. The Balaban J connectivity index is 3.50. The highest BCUT2D eigenvalue weighted by Gasteiger charge is 2.08. The second kappa shape index (κ2) is 7.60. The van der Waals surface area contributed by atoms with Crippen LogP contribution in [0.5, 0.6) is 0 Å². The fourth-order valence-electron chi connectivity index (χ4n) is 1.20. The summed E-state index contributed by atoms with van der Waals surface area (Å²) in [5.41, 5.74) is 0.477. The van der Waals surface area contributed by atoms with Gasteiger partial charge in [0.25, 0.3) is 0 Å². The lowest BCUT2D eigenvalue weighted by Gasteiger charge is -2.12. The average molecular weight is 198 g/mol. The number of ether oxygens (including phenoxy) is 1. The summed E-state index contributed by atoms with van der Waals surface area (Å²) >= 11 is 0. The van der Waals surface area contributed by atoms with Crippen molar-refractivity contribution >= 4 is 5.97 Å². The summed E-state index contributed by atoms with van der Waals surface area (Å²) in [5, 5.41) is 0. The van der Waals surface area contributed by atoms with Gasteiger partial charge in [-0.15, -0.1) is 0 Å². The molecule has 14 heavy (non-hydrogen) atoms. The summed E-state index contributed by atoms with van der Waals surface area (Å²) in [7, 11) is 0. The molecule has 0 saturated carbocycles. The molecule has 0 heterocycles. The zero-order chi connectivity index (χ0) is 11.0. The van der Waals surface area contributed by atoms with Crippen molar-refractivity contribution in [3.63, 3.8) is 0 Å². The van der Waals surface area contributed by atoms with E-state index in [1.165, 1.54) is 19.3 Å². The fourth-order valence-corrected chi connectivity index (χ4v) is 1.20. The third kappa shape index (κ3) is 6.70. The highest BCUT2D eigenvalue weighted by atomic mass is 16.5. The number of rotatable bonds is 7. The van der Waals surface area contributed by atoms with E-state index in [-0.39, 0.29) is 12.1 Å². The molecule has 0 aliphatic carbocycles. The molecule has 82 valence electrons. The van der Waals surface area contributed by atoms with Gasteiger partial charge in [-0.25, -0.2) is 4.79 Å². The summed E-state index contributed by atoms with van der Waals surface area (Å²) in [6.07, 6.45) is 5.85. The molecule has 0 aromatic carbocycles. The molecule has 0 amide bonds. The summed E-state index contributed by atoms with van der Waals surface area (Å²) in [5.74, 6) is -0.270.